The van der Waals surface area contributed by atoms with Crippen molar-refractivity contribution in [2.45, 2.75) is 46.0 Å². The van der Waals surface area contributed by atoms with Gasteiger partial charge in [0.15, 0.2) is 0 Å². The van der Waals surface area contributed by atoms with Crippen molar-refractivity contribution in [2.75, 3.05) is 0 Å². The van der Waals surface area contributed by atoms with Gasteiger partial charge in [-0.1, -0.05) is 45.3 Å². The van der Waals surface area contributed by atoms with Crippen molar-refractivity contribution in [3.63, 3.8) is 0 Å². The first-order valence-corrected chi connectivity index (χ1v) is 5.11. The van der Waals surface area contributed by atoms with E-state index in [0.717, 1.165) is 32.1 Å². The summed E-state index contributed by atoms with van der Waals surface area (Å²) < 4.78 is 0. The molecule has 1 atom stereocenters. The molecule has 0 aromatic carbocycles. The highest BCUT2D eigenvalue weighted by Crippen LogP contribution is 2.11. The third-order valence-electron chi connectivity index (χ3n) is 2.01. The van der Waals surface area contributed by atoms with Gasteiger partial charge in [-0.2, -0.15) is 0 Å². The molecule has 0 spiro atoms. The Morgan fingerprint density at radius 1 is 1.38 bits per heavy atom. The Morgan fingerprint density at radius 2 is 2.08 bits per heavy atom. The van der Waals surface area contributed by atoms with Crippen LogP contribution in [0.1, 0.15) is 46.0 Å². The average molecular weight is 184 g/mol. The van der Waals surface area contributed by atoms with Crippen molar-refractivity contribution in [3.05, 3.63) is 12.2 Å². The molecule has 0 fully saturated rings. The third-order valence-corrected chi connectivity index (χ3v) is 2.01. The Kier molecular flexibility index (Phi) is 7.36. The maximum absolute atomic E-state index is 10.7. The largest absolute Gasteiger partial charge is 0.481 e. The summed E-state index contributed by atoms with van der Waals surface area (Å²) in [6, 6.07) is 0. The molecule has 0 saturated carbocycles. The van der Waals surface area contributed by atoms with Crippen molar-refractivity contribution >= 4 is 5.97 Å². The number of carboxylic acids is 1. The van der Waals surface area contributed by atoms with E-state index in [4.69, 9.17) is 5.11 Å². The zero-order valence-electron chi connectivity index (χ0n) is 8.62. The standard InChI is InChI=1S/C11H20O2/c1-3-5-7-9-10(11(12)13)8-6-4-2/h7,9-10H,3-6,8H2,1-2H3,(H,12,13)/b9-7+. The van der Waals surface area contributed by atoms with Gasteiger partial charge in [0.2, 0.25) is 0 Å². The van der Waals surface area contributed by atoms with Crippen molar-refractivity contribution in [3.8, 4) is 0 Å². The van der Waals surface area contributed by atoms with Crippen LogP contribution < -0.4 is 0 Å². The Bertz CT molecular complexity index is 161. The monoisotopic (exact) mass is 184 g/mol. The molecule has 0 aromatic rings. The smallest absolute Gasteiger partial charge is 0.310 e. The van der Waals surface area contributed by atoms with Crippen LogP contribution in [-0.4, -0.2) is 11.1 Å². The lowest BCUT2D eigenvalue weighted by molar-refractivity contribution is -0.140. The van der Waals surface area contributed by atoms with E-state index in [2.05, 4.69) is 13.8 Å². The summed E-state index contributed by atoms with van der Waals surface area (Å²) >= 11 is 0. The fourth-order valence-corrected chi connectivity index (χ4v) is 1.15. The first-order chi connectivity index (χ1) is 6.22. The lowest BCUT2D eigenvalue weighted by atomic mass is 10.0. The SMILES string of the molecule is CCC/C=C/C(CCCC)C(=O)O. The maximum atomic E-state index is 10.7. The van der Waals surface area contributed by atoms with Crippen molar-refractivity contribution in [1.29, 1.82) is 0 Å². The van der Waals surface area contributed by atoms with E-state index < -0.39 is 5.97 Å². The summed E-state index contributed by atoms with van der Waals surface area (Å²) in [7, 11) is 0. The average Bonchev–Trinajstić information content (AvgIpc) is 2.10. The zero-order valence-corrected chi connectivity index (χ0v) is 8.62. The number of carbonyl (C=O) groups is 1. The fraction of sp³-hybridized carbons (Fsp3) is 0.727. The summed E-state index contributed by atoms with van der Waals surface area (Å²) in [6.07, 6.45) is 8.70. The Hall–Kier alpha value is -0.790. The molecule has 0 rings (SSSR count). The van der Waals surface area contributed by atoms with Crippen LogP contribution in [-0.2, 0) is 4.79 Å². The van der Waals surface area contributed by atoms with Crippen LogP contribution in [0.3, 0.4) is 0 Å². The van der Waals surface area contributed by atoms with Gasteiger partial charge < -0.3 is 5.11 Å². The van der Waals surface area contributed by atoms with Gasteiger partial charge in [-0.25, -0.2) is 0 Å². The molecule has 0 heterocycles. The fourth-order valence-electron chi connectivity index (χ4n) is 1.15. The normalized spacial score (nSPS) is 13.4. The van der Waals surface area contributed by atoms with Crippen LogP contribution >= 0.6 is 0 Å². The van der Waals surface area contributed by atoms with Gasteiger partial charge in [0.05, 0.1) is 5.92 Å². The number of rotatable bonds is 7. The second kappa shape index (κ2) is 7.84. The summed E-state index contributed by atoms with van der Waals surface area (Å²) in [5.74, 6) is -0.965. The number of hydrogen-bond donors (Lipinski definition) is 1. The highest BCUT2D eigenvalue weighted by Gasteiger charge is 2.11. The van der Waals surface area contributed by atoms with Crippen LogP contribution in [0.15, 0.2) is 12.2 Å². The first-order valence-electron chi connectivity index (χ1n) is 5.11. The molecule has 2 nitrogen and oxygen atoms in total. The molecule has 0 amide bonds. The zero-order chi connectivity index (χ0) is 10.1. The summed E-state index contributed by atoms with van der Waals surface area (Å²) in [5.41, 5.74) is 0. The van der Waals surface area contributed by atoms with E-state index in [-0.39, 0.29) is 5.92 Å². The van der Waals surface area contributed by atoms with E-state index in [9.17, 15) is 4.79 Å². The number of allylic oxidation sites excluding steroid dienone is 1. The molecule has 0 saturated heterocycles. The predicted octanol–water partition coefficient (Wildman–Crippen LogP) is 3.23. The summed E-state index contributed by atoms with van der Waals surface area (Å²) in [5, 5.41) is 8.85. The molecule has 1 unspecified atom stereocenters. The Balaban J connectivity index is 3.86. The summed E-state index contributed by atoms with van der Waals surface area (Å²) in [4.78, 5) is 10.7. The molecule has 0 aromatic heterocycles. The van der Waals surface area contributed by atoms with E-state index in [1.807, 2.05) is 12.2 Å². The number of unbranched alkanes of at least 4 members (excludes halogenated alkanes) is 2. The number of carboxylic acid groups (broad SMARTS) is 1. The van der Waals surface area contributed by atoms with Gasteiger partial charge >= 0.3 is 5.97 Å². The molecule has 0 radical (unpaired) electrons. The van der Waals surface area contributed by atoms with Crippen molar-refractivity contribution in [1.82, 2.24) is 0 Å². The Morgan fingerprint density at radius 3 is 2.54 bits per heavy atom. The number of hydrogen-bond acceptors (Lipinski definition) is 1. The van der Waals surface area contributed by atoms with Crippen LogP contribution in [0.5, 0.6) is 0 Å². The minimum atomic E-state index is -0.694. The van der Waals surface area contributed by atoms with Gasteiger partial charge in [0.25, 0.3) is 0 Å². The quantitative estimate of drug-likeness (QED) is 0.617. The minimum Gasteiger partial charge on any atom is -0.481 e. The van der Waals surface area contributed by atoms with E-state index in [1.54, 1.807) is 0 Å². The second-order valence-corrected chi connectivity index (χ2v) is 3.30. The molecular weight excluding hydrogens is 164 g/mol. The number of aliphatic carboxylic acids is 1. The lowest BCUT2D eigenvalue weighted by Gasteiger charge is -2.05. The molecule has 0 aliphatic carbocycles. The molecule has 0 aliphatic heterocycles. The minimum absolute atomic E-state index is 0.272. The molecule has 76 valence electrons. The summed E-state index contributed by atoms with van der Waals surface area (Å²) in [6.45, 7) is 4.17. The second-order valence-electron chi connectivity index (χ2n) is 3.30. The van der Waals surface area contributed by atoms with Gasteiger partial charge in [-0.3, -0.25) is 4.79 Å². The van der Waals surface area contributed by atoms with E-state index in [1.165, 1.54) is 0 Å². The van der Waals surface area contributed by atoms with Crippen molar-refractivity contribution in [2.24, 2.45) is 5.92 Å². The van der Waals surface area contributed by atoms with Crippen LogP contribution in [0.2, 0.25) is 0 Å². The lowest BCUT2D eigenvalue weighted by Crippen LogP contribution is -2.10. The van der Waals surface area contributed by atoms with Gasteiger partial charge in [0.1, 0.15) is 0 Å². The third kappa shape index (κ3) is 6.38. The van der Waals surface area contributed by atoms with E-state index >= 15 is 0 Å². The van der Waals surface area contributed by atoms with Crippen LogP contribution in [0.25, 0.3) is 0 Å². The maximum Gasteiger partial charge on any atom is 0.310 e. The Labute approximate surface area is 80.7 Å². The van der Waals surface area contributed by atoms with Crippen LogP contribution in [0.4, 0.5) is 0 Å². The molecule has 0 bridgehead atoms. The molecule has 1 N–H and O–H groups in total. The van der Waals surface area contributed by atoms with Gasteiger partial charge in [0, 0.05) is 0 Å². The van der Waals surface area contributed by atoms with Gasteiger partial charge in [-0.05, 0) is 12.8 Å². The first kappa shape index (κ1) is 12.2. The predicted molar refractivity (Wildman–Crippen MR) is 54.7 cm³/mol. The van der Waals surface area contributed by atoms with Crippen LogP contribution in [0, 0.1) is 5.92 Å². The van der Waals surface area contributed by atoms with Gasteiger partial charge in [-0.15, -0.1) is 0 Å². The molecule has 2 heteroatoms. The van der Waals surface area contributed by atoms with Crippen molar-refractivity contribution < 1.29 is 9.90 Å². The highest BCUT2D eigenvalue weighted by molar-refractivity contribution is 5.72. The van der Waals surface area contributed by atoms with E-state index in [0.29, 0.717) is 0 Å². The molecular formula is C11H20O2. The highest BCUT2D eigenvalue weighted by atomic mass is 16.4. The molecule has 13 heavy (non-hydrogen) atoms. The molecule has 0 aliphatic rings. The topological polar surface area (TPSA) is 37.3 Å².